The lowest BCUT2D eigenvalue weighted by atomic mass is 9.86. The van der Waals surface area contributed by atoms with Crippen LogP contribution in [0.3, 0.4) is 0 Å². The molecule has 3 aromatic rings. The minimum absolute atomic E-state index is 0.00803. The molecule has 0 aliphatic carbocycles. The Morgan fingerprint density at radius 3 is 2.51 bits per heavy atom. The third kappa shape index (κ3) is 3.61. The first-order chi connectivity index (χ1) is 18.7. The Kier molecular flexibility index (Phi) is 5.36. The van der Waals surface area contributed by atoms with Crippen LogP contribution in [0.4, 0.5) is 10.6 Å². The van der Waals surface area contributed by atoms with Gasteiger partial charge in [-0.25, -0.2) is 13.2 Å². The molecule has 2 spiro atoms. The van der Waals surface area contributed by atoms with Crippen LogP contribution in [-0.4, -0.2) is 95.1 Å². The molecule has 0 saturated carbocycles. The number of anilines is 1. The molecule has 4 aliphatic heterocycles. The molecule has 7 rings (SSSR count). The summed E-state index contributed by atoms with van der Waals surface area (Å²) in [4.78, 5) is 32.6. The number of hydrogen-bond acceptors (Lipinski definition) is 7. The zero-order chi connectivity index (χ0) is 27.0. The first-order valence-corrected chi connectivity index (χ1v) is 14.6. The highest BCUT2D eigenvalue weighted by Gasteiger charge is 2.68. The standard InChI is InChI=1S/C26H26ClN7O4S/c27-20-5-3-19-13-21(6-4-18(19)12-20)39(37,38)32-14-23(35)33-16-25(34-24(36)28-15-26(33,34)17-32)7-10-31(11-8-25)22-2-1-9-29-30-22/h1-6,9,12-13H,7-8,10-11,14-17H2,(H,28,36). The maximum Gasteiger partial charge on any atom is 0.320 e. The van der Waals surface area contributed by atoms with Gasteiger partial charge < -0.3 is 15.1 Å². The van der Waals surface area contributed by atoms with Gasteiger partial charge >= 0.3 is 6.03 Å². The Labute approximate surface area is 230 Å². The van der Waals surface area contributed by atoms with Crippen LogP contribution in [0.5, 0.6) is 0 Å². The summed E-state index contributed by atoms with van der Waals surface area (Å²) in [5, 5.41) is 13.2. The van der Waals surface area contributed by atoms with Crippen molar-refractivity contribution < 1.29 is 18.0 Å². The van der Waals surface area contributed by atoms with Gasteiger partial charge in [-0.05, 0) is 60.0 Å². The number of rotatable bonds is 3. The Bertz CT molecular complexity index is 1610. The van der Waals surface area contributed by atoms with Crippen molar-refractivity contribution in [2.75, 3.05) is 44.2 Å². The molecule has 3 amide bonds. The van der Waals surface area contributed by atoms with Gasteiger partial charge in [-0.1, -0.05) is 23.7 Å². The summed E-state index contributed by atoms with van der Waals surface area (Å²) in [5.41, 5.74) is -1.66. The van der Waals surface area contributed by atoms with Gasteiger partial charge in [0.1, 0.15) is 0 Å². The number of urea groups is 1. The minimum atomic E-state index is -4.02. The maximum atomic E-state index is 13.9. The highest BCUT2D eigenvalue weighted by atomic mass is 35.5. The number of aromatic nitrogens is 2. The predicted octanol–water partition coefficient (Wildman–Crippen LogP) is 1.89. The van der Waals surface area contributed by atoms with Gasteiger partial charge in [0.2, 0.25) is 15.9 Å². The topological polar surface area (TPSA) is 119 Å². The third-order valence-electron chi connectivity index (χ3n) is 8.60. The number of carbonyl (C=O) groups excluding carboxylic acids is 2. The van der Waals surface area contributed by atoms with Gasteiger partial charge in [0.25, 0.3) is 0 Å². The number of halogens is 1. The van der Waals surface area contributed by atoms with E-state index in [1.54, 1.807) is 46.3 Å². The number of sulfonamides is 1. The number of nitrogens with one attached hydrogen (secondary N) is 1. The lowest BCUT2D eigenvalue weighted by Gasteiger charge is -2.48. The molecular weight excluding hydrogens is 542 g/mol. The molecule has 5 heterocycles. The summed E-state index contributed by atoms with van der Waals surface area (Å²) in [6.07, 6.45) is 2.88. The van der Waals surface area contributed by atoms with Gasteiger partial charge in [0.05, 0.1) is 30.1 Å². The van der Waals surface area contributed by atoms with Crippen molar-refractivity contribution in [3.63, 3.8) is 0 Å². The Morgan fingerprint density at radius 1 is 0.974 bits per heavy atom. The minimum Gasteiger partial charge on any atom is -0.355 e. The van der Waals surface area contributed by atoms with E-state index in [-0.39, 0.29) is 36.5 Å². The fraction of sp³-hybridized carbons (Fsp3) is 0.385. The lowest BCUT2D eigenvalue weighted by Crippen LogP contribution is -2.68. The average Bonchev–Trinajstić information content (AvgIpc) is 3.42. The van der Waals surface area contributed by atoms with Gasteiger partial charge in [0, 0.05) is 30.9 Å². The van der Waals surface area contributed by atoms with Crippen molar-refractivity contribution in [2.24, 2.45) is 0 Å². The van der Waals surface area contributed by atoms with Crippen LogP contribution in [-0.2, 0) is 14.8 Å². The van der Waals surface area contributed by atoms with Gasteiger partial charge in [-0.3, -0.25) is 9.69 Å². The van der Waals surface area contributed by atoms with E-state index in [2.05, 4.69) is 20.4 Å². The summed E-state index contributed by atoms with van der Waals surface area (Å²) in [7, 11) is -4.02. The zero-order valence-electron chi connectivity index (χ0n) is 21.0. The molecule has 4 aliphatic rings. The molecule has 1 atom stereocenters. The molecule has 1 N–H and O–H groups in total. The molecule has 4 saturated heterocycles. The number of fused-ring (bicyclic) bond motifs is 2. The van der Waals surface area contributed by atoms with E-state index in [1.165, 1.54) is 10.4 Å². The number of hydrogen-bond donors (Lipinski definition) is 1. The fourth-order valence-electron chi connectivity index (χ4n) is 6.73. The first kappa shape index (κ1) is 24.6. The summed E-state index contributed by atoms with van der Waals surface area (Å²) >= 11 is 6.09. The molecule has 1 aromatic heterocycles. The second-order valence-electron chi connectivity index (χ2n) is 10.7. The summed E-state index contributed by atoms with van der Waals surface area (Å²) < 4.78 is 28.9. The molecule has 0 bridgehead atoms. The van der Waals surface area contributed by atoms with Crippen LogP contribution in [0.15, 0.2) is 59.6 Å². The van der Waals surface area contributed by atoms with Crippen molar-refractivity contribution >= 4 is 50.2 Å². The quantitative estimate of drug-likeness (QED) is 0.513. The van der Waals surface area contributed by atoms with Crippen LogP contribution >= 0.6 is 11.6 Å². The normalized spacial score (nSPS) is 24.8. The van der Waals surface area contributed by atoms with Crippen molar-refractivity contribution in [2.45, 2.75) is 28.9 Å². The van der Waals surface area contributed by atoms with Crippen LogP contribution < -0.4 is 10.2 Å². The average molecular weight is 568 g/mol. The smallest absolute Gasteiger partial charge is 0.320 e. The highest BCUT2D eigenvalue weighted by Crippen LogP contribution is 2.48. The maximum absolute atomic E-state index is 13.9. The van der Waals surface area contributed by atoms with E-state index >= 15 is 0 Å². The van der Waals surface area contributed by atoms with Crippen molar-refractivity contribution in [1.82, 2.24) is 29.6 Å². The third-order valence-corrected chi connectivity index (χ3v) is 10.6. The molecule has 2 aromatic carbocycles. The van der Waals surface area contributed by atoms with Crippen molar-refractivity contribution in [1.29, 1.82) is 0 Å². The Morgan fingerprint density at radius 2 is 1.74 bits per heavy atom. The van der Waals surface area contributed by atoms with Crippen molar-refractivity contribution in [3.05, 3.63) is 59.8 Å². The Balaban J connectivity index is 1.20. The van der Waals surface area contributed by atoms with E-state index in [0.717, 1.165) is 16.6 Å². The van der Waals surface area contributed by atoms with Crippen LogP contribution in [0, 0.1) is 0 Å². The van der Waals surface area contributed by atoms with Crippen molar-refractivity contribution in [3.8, 4) is 0 Å². The van der Waals surface area contributed by atoms with Crippen LogP contribution in [0.1, 0.15) is 12.8 Å². The molecule has 13 heteroatoms. The highest BCUT2D eigenvalue weighted by molar-refractivity contribution is 7.89. The first-order valence-electron chi connectivity index (χ1n) is 12.8. The molecule has 11 nitrogen and oxygen atoms in total. The van der Waals surface area contributed by atoms with Crippen LogP contribution in [0.25, 0.3) is 10.8 Å². The van der Waals surface area contributed by atoms with Gasteiger partial charge in [-0.15, -0.1) is 5.10 Å². The lowest BCUT2D eigenvalue weighted by molar-refractivity contribution is -0.143. The number of amides is 3. The molecule has 1 unspecified atom stereocenters. The van der Waals surface area contributed by atoms with E-state index in [1.807, 2.05) is 12.1 Å². The number of benzene rings is 2. The summed E-state index contributed by atoms with van der Waals surface area (Å²) in [6.45, 7) is 1.59. The predicted molar refractivity (Wildman–Crippen MR) is 144 cm³/mol. The molecular formula is C26H26ClN7O4S. The SMILES string of the molecule is O=C1CN(S(=O)(=O)c2ccc3cc(Cl)ccc3c2)CC23CNC(=O)N2C2(CCN(c4cccnn4)CC2)CN13. The number of piperidine rings is 1. The second-order valence-corrected chi connectivity index (χ2v) is 13.1. The molecule has 202 valence electrons. The van der Waals surface area contributed by atoms with E-state index in [0.29, 0.717) is 37.5 Å². The van der Waals surface area contributed by atoms with Gasteiger partial charge in [0.15, 0.2) is 11.5 Å². The molecule has 0 radical (unpaired) electrons. The largest absolute Gasteiger partial charge is 0.355 e. The number of piperazine rings is 1. The number of nitrogens with zero attached hydrogens (tertiary/aromatic N) is 6. The molecule has 4 fully saturated rings. The van der Waals surface area contributed by atoms with Gasteiger partial charge in [-0.2, -0.15) is 9.40 Å². The Hall–Kier alpha value is -3.48. The zero-order valence-corrected chi connectivity index (χ0v) is 22.5. The second kappa shape index (κ2) is 8.51. The monoisotopic (exact) mass is 567 g/mol. The van der Waals surface area contributed by atoms with Crippen LogP contribution in [0.2, 0.25) is 5.02 Å². The number of carbonyl (C=O) groups is 2. The van der Waals surface area contributed by atoms with E-state index in [9.17, 15) is 18.0 Å². The summed E-state index contributed by atoms with van der Waals surface area (Å²) in [5.74, 6) is 0.474. The fourth-order valence-corrected chi connectivity index (χ4v) is 8.38. The van der Waals surface area contributed by atoms with E-state index < -0.39 is 21.2 Å². The van der Waals surface area contributed by atoms with E-state index in [4.69, 9.17) is 11.6 Å². The summed E-state index contributed by atoms with van der Waals surface area (Å²) in [6, 6.07) is 13.6. The molecule has 39 heavy (non-hydrogen) atoms.